The van der Waals surface area contributed by atoms with Crippen molar-refractivity contribution in [1.82, 2.24) is 15.2 Å². The van der Waals surface area contributed by atoms with Crippen LogP contribution in [0.2, 0.25) is 0 Å². The van der Waals surface area contributed by atoms with Crippen LogP contribution in [0.1, 0.15) is 56.5 Å². The Kier molecular flexibility index (Phi) is 7.67. The Balaban J connectivity index is 1.73. The van der Waals surface area contributed by atoms with Gasteiger partial charge in [0.05, 0.1) is 12.0 Å². The van der Waals surface area contributed by atoms with Gasteiger partial charge in [-0.05, 0) is 55.8 Å². The summed E-state index contributed by atoms with van der Waals surface area (Å²) in [6.07, 6.45) is 6.30. The van der Waals surface area contributed by atoms with Crippen LogP contribution in [0, 0.1) is 0 Å². The van der Waals surface area contributed by atoms with Gasteiger partial charge in [0, 0.05) is 42.9 Å². The van der Waals surface area contributed by atoms with Crippen LogP contribution in [0.4, 0.5) is 0 Å². The van der Waals surface area contributed by atoms with Gasteiger partial charge in [-0.2, -0.15) is 0 Å². The molecule has 1 atom stereocenters. The second kappa shape index (κ2) is 10.2. The molecule has 1 amide bonds. The summed E-state index contributed by atoms with van der Waals surface area (Å²) >= 11 is 1.71. The van der Waals surface area contributed by atoms with E-state index in [9.17, 15) is 4.79 Å². The largest absolute Gasteiger partial charge is 0.496 e. The number of rotatable bonds is 10. The van der Waals surface area contributed by atoms with Crippen LogP contribution in [-0.2, 0) is 16.8 Å². The number of hydrogen-bond donors (Lipinski definition) is 1. The molecule has 1 aliphatic heterocycles. The highest BCUT2D eigenvalue weighted by Crippen LogP contribution is 2.38. The van der Waals surface area contributed by atoms with Gasteiger partial charge >= 0.3 is 0 Å². The van der Waals surface area contributed by atoms with E-state index in [1.807, 2.05) is 18.3 Å². The summed E-state index contributed by atoms with van der Waals surface area (Å²) in [6, 6.07) is 8.48. The molecule has 0 radical (unpaired) electrons. The number of hydrogen-bond acceptors (Lipinski definition) is 5. The summed E-state index contributed by atoms with van der Waals surface area (Å²) in [6.45, 7) is 6.79. The average Bonchev–Trinajstić information content (AvgIpc) is 3.22. The first-order valence-corrected chi connectivity index (χ1v) is 11.5. The summed E-state index contributed by atoms with van der Waals surface area (Å²) in [5.41, 5.74) is 1.02. The van der Waals surface area contributed by atoms with Gasteiger partial charge in [0.2, 0.25) is 5.91 Å². The molecular formula is C23H33N3O2S. The standard InChI is InChI=1S/C23H33N3O2S/c1-4-18(5-2)26-17-23(11-9-22(26)27,21-8-6-7-13-25-21)12-14-24-16-20-19(28-3)10-15-29-20/h6-8,10,13,15,18,24H,4-5,9,11-12,14,16-17H2,1-3H3. The molecule has 2 aromatic heterocycles. The smallest absolute Gasteiger partial charge is 0.222 e. The number of nitrogens with one attached hydrogen (secondary N) is 1. The van der Waals surface area contributed by atoms with E-state index in [1.54, 1.807) is 18.4 Å². The molecule has 6 heteroatoms. The van der Waals surface area contributed by atoms with Gasteiger partial charge in [0.25, 0.3) is 0 Å². The predicted octanol–water partition coefficient (Wildman–Crippen LogP) is 4.38. The molecule has 158 valence electrons. The van der Waals surface area contributed by atoms with Crippen molar-refractivity contribution in [2.45, 2.75) is 64.0 Å². The van der Waals surface area contributed by atoms with Gasteiger partial charge in [-0.1, -0.05) is 19.9 Å². The molecular weight excluding hydrogens is 382 g/mol. The molecule has 0 spiro atoms. The van der Waals surface area contributed by atoms with Gasteiger partial charge in [-0.25, -0.2) is 0 Å². The molecule has 0 bridgehead atoms. The minimum Gasteiger partial charge on any atom is -0.496 e. The molecule has 0 aromatic carbocycles. The molecule has 1 aliphatic rings. The summed E-state index contributed by atoms with van der Waals surface area (Å²) in [4.78, 5) is 20.8. The number of methoxy groups -OCH3 is 1. The van der Waals surface area contributed by atoms with Gasteiger partial charge in [-0.15, -0.1) is 11.3 Å². The molecule has 0 aliphatic carbocycles. The van der Waals surface area contributed by atoms with Gasteiger partial charge in [-0.3, -0.25) is 9.78 Å². The minimum absolute atomic E-state index is 0.0930. The SMILES string of the molecule is CCC(CC)N1CC(CCNCc2sccc2OC)(c2ccccn2)CCC1=O. The fourth-order valence-electron chi connectivity index (χ4n) is 4.43. The van der Waals surface area contributed by atoms with Crippen molar-refractivity contribution in [3.63, 3.8) is 0 Å². The highest BCUT2D eigenvalue weighted by atomic mass is 32.1. The van der Waals surface area contributed by atoms with Crippen molar-refractivity contribution in [2.24, 2.45) is 0 Å². The second-order valence-electron chi connectivity index (χ2n) is 7.83. The molecule has 5 nitrogen and oxygen atoms in total. The van der Waals surface area contributed by atoms with Crippen molar-refractivity contribution >= 4 is 17.2 Å². The maximum absolute atomic E-state index is 12.7. The molecule has 1 fully saturated rings. The molecule has 3 heterocycles. The summed E-state index contributed by atoms with van der Waals surface area (Å²) in [5.74, 6) is 1.24. The Hall–Kier alpha value is -1.92. The molecule has 3 rings (SSSR count). The van der Waals surface area contributed by atoms with E-state index in [2.05, 4.69) is 41.6 Å². The van der Waals surface area contributed by atoms with Crippen LogP contribution in [0.3, 0.4) is 0 Å². The Morgan fingerprint density at radius 2 is 2.14 bits per heavy atom. The zero-order valence-corrected chi connectivity index (χ0v) is 18.6. The van der Waals surface area contributed by atoms with Gasteiger partial charge in [0.1, 0.15) is 5.75 Å². The number of nitrogens with zero attached hydrogens (tertiary/aromatic N) is 2. The lowest BCUT2D eigenvalue weighted by Gasteiger charge is -2.45. The quantitative estimate of drug-likeness (QED) is 0.585. The number of amides is 1. The third-order valence-electron chi connectivity index (χ3n) is 6.19. The van der Waals surface area contributed by atoms with Crippen molar-refractivity contribution in [3.05, 3.63) is 46.4 Å². The maximum Gasteiger partial charge on any atom is 0.222 e. The number of thiophene rings is 1. The highest BCUT2D eigenvalue weighted by molar-refractivity contribution is 7.10. The molecule has 1 saturated heterocycles. The van der Waals surface area contributed by atoms with E-state index >= 15 is 0 Å². The van der Waals surface area contributed by atoms with Crippen LogP contribution in [0.25, 0.3) is 0 Å². The highest BCUT2D eigenvalue weighted by Gasteiger charge is 2.42. The van der Waals surface area contributed by atoms with Gasteiger partial charge in [0.15, 0.2) is 0 Å². The van der Waals surface area contributed by atoms with Crippen LogP contribution >= 0.6 is 11.3 Å². The Bertz CT molecular complexity index is 775. The van der Waals surface area contributed by atoms with Crippen LogP contribution in [-0.4, -0.2) is 42.0 Å². The number of carbonyl (C=O) groups excluding carboxylic acids is 1. The first-order chi connectivity index (χ1) is 14.1. The van der Waals surface area contributed by atoms with E-state index < -0.39 is 0 Å². The van der Waals surface area contributed by atoms with Crippen LogP contribution < -0.4 is 10.1 Å². The van der Waals surface area contributed by atoms with Crippen molar-refractivity contribution < 1.29 is 9.53 Å². The first kappa shape index (κ1) is 21.8. The monoisotopic (exact) mass is 415 g/mol. The van der Waals surface area contributed by atoms with E-state index in [0.29, 0.717) is 18.4 Å². The van der Waals surface area contributed by atoms with E-state index in [0.717, 1.165) is 56.8 Å². The van der Waals surface area contributed by atoms with Crippen molar-refractivity contribution in [3.8, 4) is 5.75 Å². The molecule has 1 unspecified atom stereocenters. The summed E-state index contributed by atoms with van der Waals surface area (Å²) in [7, 11) is 1.72. The summed E-state index contributed by atoms with van der Waals surface area (Å²) < 4.78 is 5.41. The fraction of sp³-hybridized carbons (Fsp3) is 0.565. The molecule has 2 aromatic rings. The van der Waals surface area contributed by atoms with E-state index in [-0.39, 0.29) is 5.41 Å². The van der Waals surface area contributed by atoms with Crippen molar-refractivity contribution in [2.75, 3.05) is 20.2 Å². The van der Waals surface area contributed by atoms with Gasteiger partial charge < -0.3 is 15.0 Å². The molecule has 1 N–H and O–H groups in total. The molecule has 0 saturated carbocycles. The minimum atomic E-state index is -0.0930. The Morgan fingerprint density at radius 1 is 1.31 bits per heavy atom. The van der Waals surface area contributed by atoms with Crippen LogP contribution in [0.5, 0.6) is 5.75 Å². The topological polar surface area (TPSA) is 54.5 Å². The lowest BCUT2D eigenvalue weighted by molar-refractivity contribution is -0.138. The van der Waals surface area contributed by atoms with Crippen LogP contribution in [0.15, 0.2) is 35.8 Å². The Labute approximate surface area is 178 Å². The average molecular weight is 416 g/mol. The predicted molar refractivity (Wildman–Crippen MR) is 118 cm³/mol. The third-order valence-corrected chi connectivity index (χ3v) is 7.09. The maximum atomic E-state index is 12.7. The zero-order chi connectivity index (χ0) is 20.7. The summed E-state index contributed by atoms with van der Waals surface area (Å²) in [5, 5.41) is 5.65. The van der Waals surface area contributed by atoms with E-state index in [1.165, 1.54) is 4.88 Å². The molecule has 29 heavy (non-hydrogen) atoms. The number of aromatic nitrogens is 1. The lowest BCUT2D eigenvalue weighted by atomic mass is 9.73. The zero-order valence-electron chi connectivity index (χ0n) is 17.8. The number of carbonyl (C=O) groups is 1. The first-order valence-electron chi connectivity index (χ1n) is 10.7. The normalized spacial score (nSPS) is 19.7. The Morgan fingerprint density at radius 3 is 2.83 bits per heavy atom. The fourth-order valence-corrected chi connectivity index (χ4v) is 5.24. The van der Waals surface area contributed by atoms with Crippen molar-refractivity contribution in [1.29, 1.82) is 0 Å². The third kappa shape index (κ3) is 4.98. The number of likely N-dealkylation sites (tertiary alicyclic amines) is 1. The number of piperidine rings is 1. The second-order valence-corrected chi connectivity index (χ2v) is 8.83. The number of pyridine rings is 1. The lowest BCUT2D eigenvalue weighted by Crippen LogP contribution is -2.53. The number of ether oxygens (including phenoxy) is 1. The van der Waals surface area contributed by atoms with E-state index in [4.69, 9.17) is 9.72 Å².